The van der Waals surface area contributed by atoms with Crippen molar-refractivity contribution in [3.8, 4) is 0 Å². The Balaban J connectivity index is 2.11. The zero-order chi connectivity index (χ0) is 15.6. The maximum atomic E-state index is 12.7. The summed E-state index contributed by atoms with van der Waals surface area (Å²) in [5.41, 5.74) is 4.02. The van der Waals surface area contributed by atoms with E-state index in [1.54, 1.807) is 18.2 Å². The van der Waals surface area contributed by atoms with Crippen LogP contribution in [-0.2, 0) is 0 Å². The van der Waals surface area contributed by atoms with Crippen molar-refractivity contribution < 1.29 is 4.79 Å². The molecule has 0 aromatic heterocycles. The van der Waals surface area contributed by atoms with E-state index in [0.29, 0.717) is 27.6 Å². The molecule has 1 saturated heterocycles. The normalized spacial score (nSPS) is 16.9. The lowest BCUT2D eigenvalue weighted by Gasteiger charge is -2.39. The number of amides is 1. The third kappa shape index (κ3) is 3.69. The van der Waals surface area contributed by atoms with Gasteiger partial charge in [-0.2, -0.15) is 0 Å². The number of carbonyl (C=O) groups is 1. The Hall–Kier alpha value is -1.26. The minimum Gasteiger partial charge on any atom is -0.339 e. The van der Waals surface area contributed by atoms with Gasteiger partial charge in [-0.1, -0.05) is 32.4 Å². The molecule has 5 heteroatoms. The van der Waals surface area contributed by atoms with Crippen LogP contribution in [0.25, 0.3) is 0 Å². The first kappa shape index (κ1) is 16.1. The minimum absolute atomic E-state index is 0.00203. The molecule has 1 aromatic carbocycles. The lowest BCUT2D eigenvalue weighted by molar-refractivity contribution is 0.0609. The second-order valence-corrected chi connectivity index (χ2v) is 7.20. The van der Waals surface area contributed by atoms with E-state index in [2.05, 4.69) is 26.2 Å². The van der Waals surface area contributed by atoms with Crippen LogP contribution in [0.3, 0.4) is 0 Å². The summed E-state index contributed by atoms with van der Waals surface area (Å²) in [4.78, 5) is 14.6. The van der Waals surface area contributed by atoms with E-state index >= 15 is 0 Å². The number of rotatable bonds is 2. The van der Waals surface area contributed by atoms with Crippen LogP contribution in [-0.4, -0.2) is 23.9 Å². The van der Waals surface area contributed by atoms with Gasteiger partial charge in [0.25, 0.3) is 5.91 Å². The predicted octanol–water partition coefficient (Wildman–Crippen LogP) is 3.52. The van der Waals surface area contributed by atoms with E-state index in [9.17, 15) is 4.79 Å². The van der Waals surface area contributed by atoms with Gasteiger partial charge in [-0.15, -0.1) is 0 Å². The number of carbonyl (C=O) groups excluding carboxylic acids is 1. The second kappa shape index (κ2) is 6.24. The van der Waals surface area contributed by atoms with Gasteiger partial charge in [-0.3, -0.25) is 10.6 Å². The number of nitrogens with two attached hydrogens (primary N) is 1. The topological polar surface area (TPSA) is 58.4 Å². The van der Waals surface area contributed by atoms with Crippen LogP contribution in [0.2, 0.25) is 5.02 Å². The summed E-state index contributed by atoms with van der Waals surface area (Å²) in [6, 6.07) is 5.13. The Bertz CT molecular complexity index is 517. The fraction of sp³-hybridized carbons (Fsp3) is 0.562. The number of halogens is 1. The number of likely N-dealkylation sites (tertiary alicyclic amines) is 1. The van der Waals surface area contributed by atoms with Gasteiger partial charge in [0.05, 0.1) is 11.3 Å². The van der Waals surface area contributed by atoms with Gasteiger partial charge in [-0.05, 0) is 42.4 Å². The van der Waals surface area contributed by atoms with Gasteiger partial charge in [-0.25, -0.2) is 0 Å². The zero-order valence-corrected chi connectivity index (χ0v) is 13.7. The SMILES string of the molecule is CC(C)(C)C1CCN(C(=O)c2cc(Cl)ccc2NN)CC1. The molecule has 1 amide bonds. The first-order valence-electron chi connectivity index (χ1n) is 7.38. The quantitative estimate of drug-likeness (QED) is 0.649. The highest BCUT2D eigenvalue weighted by atomic mass is 35.5. The van der Waals surface area contributed by atoms with Crippen molar-refractivity contribution in [2.24, 2.45) is 17.2 Å². The van der Waals surface area contributed by atoms with E-state index < -0.39 is 0 Å². The number of nitrogens with one attached hydrogen (secondary N) is 1. The highest BCUT2D eigenvalue weighted by Gasteiger charge is 2.31. The summed E-state index contributed by atoms with van der Waals surface area (Å²) < 4.78 is 0. The Morgan fingerprint density at radius 2 is 1.95 bits per heavy atom. The van der Waals surface area contributed by atoms with Crippen LogP contribution >= 0.6 is 11.6 Å². The average Bonchev–Trinajstić information content (AvgIpc) is 2.45. The summed E-state index contributed by atoms with van der Waals surface area (Å²) in [6.07, 6.45) is 2.09. The number of hydrogen-bond acceptors (Lipinski definition) is 3. The largest absolute Gasteiger partial charge is 0.339 e. The minimum atomic E-state index is -0.00203. The number of piperidine rings is 1. The maximum absolute atomic E-state index is 12.7. The zero-order valence-electron chi connectivity index (χ0n) is 12.9. The molecule has 0 aliphatic carbocycles. The molecule has 3 N–H and O–H groups in total. The molecule has 1 aliphatic rings. The summed E-state index contributed by atoms with van der Waals surface area (Å²) >= 11 is 6.00. The van der Waals surface area contributed by atoms with Crippen LogP contribution in [0.4, 0.5) is 5.69 Å². The summed E-state index contributed by atoms with van der Waals surface area (Å²) in [5.74, 6) is 6.14. The van der Waals surface area contributed by atoms with Crippen LogP contribution in [0.5, 0.6) is 0 Å². The first-order chi connectivity index (χ1) is 9.82. The van der Waals surface area contributed by atoms with Crippen molar-refractivity contribution in [1.29, 1.82) is 0 Å². The highest BCUT2D eigenvalue weighted by Crippen LogP contribution is 2.35. The molecular weight excluding hydrogens is 286 g/mol. The lowest BCUT2D eigenvalue weighted by Crippen LogP contribution is -2.41. The molecule has 4 nitrogen and oxygen atoms in total. The smallest absolute Gasteiger partial charge is 0.256 e. The third-order valence-electron chi connectivity index (χ3n) is 4.37. The summed E-state index contributed by atoms with van der Waals surface area (Å²) in [7, 11) is 0. The van der Waals surface area contributed by atoms with Crippen molar-refractivity contribution >= 4 is 23.2 Å². The maximum Gasteiger partial charge on any atom is 0.256 e. The van der Waals surface area contributed by atoms with Crippen LogP contribution in [0.15, 0.2) is 18.2 Å². The number of hydrazine groups is 1. The van der Waals surface area contributed by atoms with E-state index in [-0.39, 0.29) is 5.91 Å². The van der Waals surface area contributed by atoms with E-state index in [0.717, 1.165) is 25.9 Å². The Labute approximate surface area is 131 Å². The molecule has 0 unspecified atom stereocenters. The molecule has 1 heterocycles. The average molecular weight is 310 g/mol. The van der Waals surface area contributed by atoms with Gasteiger partial charge in [0, 0.05) is 18.1 Å². The second-order valence-electron chi connectivity index (χ2n) is 6.77. The van der Waals surface area contributed by atoms with E-state index in [1.807, 2.05) is 4.90 Å². The number of nitrogen functional groups attached to an aromatic ring is 1. The molecule has 1 aromatic rings. The van der Waals surface area contributed by atoms with Gasteiger partial charge in [0.15, 0.2) is 0 Å². The molecule has 2 rings (SSSR count). The number of anilines is 1. The number of nitrogens with zero attached hydrogens (tertiary/aromatic N) is 1. The van der Waals surface area contributed by atoms with Gasteiger partial charge < -0.3 is 10.3 Å². The Morgan fingerprint density at radius 1 is 1.33 bits per heavy atom. The highest BCUT2D eigenvalue weighted by molar-refractivity contribution is 6.31. The molecular formula is C16H24ClN3O. The van der Waals surface area contributed by atoms with Gasteiger partial charge in [0.2, 0.25) is 0 Å². The fourth-order valence-electron chi connectivity index (χ4n) is 2.94. The molecule has 0 spiro atoms. The van der Waals surface area contributed by atoms with Crippen molar-refractivity contribution in [3.05, 3.63) is 28.8 Å². The number of benzene rings is 1. The lowest BCUT2D eigenvalue weighted by atomic mass is 9.75. The summed E-state index contributed by atoms with van der Waals surface area (Å²) in [6.45, 7) is 8.38. The van der Waals surface area contributed by atoms with Gasteiger partial charge in [0.1, 0.15) is 0 Å². The third-order valence-corrected chi connectivity index (χ3v) is 4.61. The fourth-order valence-corrected chi connectivity index (χ4v) is 3.11. The molecule has 1 aliphatic heterocycles. The molecule has 0 radical (unpaired) electrons. The predicted molar refractivity (Wildman–Crippen MR) is 87.3 cm³/mol. The summed E-state index contributed by atoms with van der Waals surface area (Å²) in [5, 5.41) is 0.543. The van der Waals surface area contributed by atoms with E-state index in [1.165, 1.54) is 0 Å². The van der Waals surface area contributed by atoms with E-state index in [4.69, 9.17) is 17.4 Å². The van der Waals surface area contributed by atoms with Crippen molar-refractivity contribution in [1.82, 2.24) is 4.90 Å². The van der Waals surface area contributed by atoms with Gasteiger partial charge >= 0.3 is 0 Å². The van der Waals surface area contributed by atoms with Crippen LogP contribution < -0.4 is 11.3 Å². The molecule has 116 valence electrons. The first-order valence-corrected chi connectivity index (χ1v) is 7.76. The molecule has 0 atom stereocenters. The Morgan fingerprint density at radius 3 is 2.48 bits per heavy atom. The van der Waals surface area contributed by atoms with Crippen LogP contribution in [0, 0.1) is 11.3 Å². The monoisotopic (exact) mass is 309 g/mol. The molecule has 21 heavy (non-hydrogen) atoms. The molecule has 0 saturated carbocycles. The van der Waals surface area contributed by atoms with Crippen molar-refractivity contribution in [2.75, 3.05) is 18.5 Å². The van der Waals surface area contributed by atoms with Crippen molar-refractivity contribution in [3.63, 3.8) is 0 Å². The molecule has 0 bridgehead atoms. The molecule has 1 fully saturated rings. The van der Waals surface area contributed by atoms with Crippen LogP contribution in [0.1, 0.15) is 44.0 Å². The van der Waals surface area contributed by atoms with Crippen molar-refractivity contribution in [2.45, 2.75) is 33.6 Å². The Kier molecular flexibility index (Phi) is 4.79. The standard InChI is InChI=1S/C16H24ClN3O/c1-16(2,3)11-6-8-20(9-7-11)15(21)13-10-12(17)4-5-14(13)19-18/h4-5,10-11,19H,6-9,18H2,1-3H3. The number of hydrogen-bond donors (Lipinski definition) is 2.